The van der Waals surface area contributed by atoms with E-state index < -0.39 is 0 Å². The predicted octanol–water partition coefficient (Wildman–Crippen LogP) is 2.35. The molecule has 0 amide bonds. The monoisotopic (exact) mass is 212 g/mol. The summed E-state index contributed by atoms with van der Waals surface area (Å²) in [6.45, 7) is 5.92. The van der Waals surface area contributed by atoms with E-state index in [9.17, 15) is 0 Å². The summed E-state index contributed by atoms with van der Waals surface area (Å²) in [7, 11) is 1.83. The molecule has 0 aromatic carbocycles. The van der Waals surface area contributed by atoms with Gasteiger partial charge in [-0.3, -0.25) is 4.68 Å². The van der Waals surface area contributed by atoms with Crippen LogP contribution in [0.25, 0.3) is 11.0 Å². The second-order valence-corrected chi connectivity index (χ2v) is 2.92. The van der Waals surface area contributed by atoms with Gasteiger partial charge < -0.3 is 0 Å². The number of aromatic nitrogens is 4. The lowest BCUT2D eigenvalue weighted by Gasteiger charge is -1.91. The molecule has 0 saturated heterocycles. The number of halogens is 1. The Hall–Kier alpha value is -1.16. The van der Waals surface area contributed by atoms with Gasteiger partial charge in [-0.15, -0.1) is 0 Å². The van der Waals surface area contributed by atoms with Gasteiger partial charge in [0.15, 0.2) is 5.65 Å². The quantitative estimate of drug-likeness (QED) is 0.630. The van der Waals surface area contributed by atoms with Crippen molar-refractivity contribution in [1.82, 2.24) is 19.7 Å². The molecule has 0 bridgehead atoms. The van der Waals surface area contributed by atoms with E-state index in [4.69, 9.17) is 11.6 Å². The molecule has 0 radical (unpaired) electrons. The third-order valence-corrected chi connectivity index (χ3v) is 1.92. The Bertz CT molecular complexity index is 436. The summed E-state index contributed by atoms with van der Waals surface area (Å²) in [5, 5.41) is 5.39. The summed E-state index contributed by atoms with van der Waals surface area (Å²) in [5.41, 5.74) is 1.69. The molecule has 0 aliphatic carbocycles. The molecular formula is C9H13ClN4. The first-order valence-electron chi connectivity index (χ1n) is 4.50. The number of fused-ring (bicyclic) bond motifs is 1. The molecule has 0 atom stereocenters. The zero-order valence-electron chi connectivity index (χ0n) is 8.74. The Morgan fingerprint density at radius 3 is 2.64 bits per heavy atom. The highest BCUT2D eigenvalue weighted by Gasteiger charge is 2.06. The van der Waals surface area contributed by atoms with Crippen LogP contribution in [0.3, 0.4) is 0 Å². The fourth-order valence-corrected chi connectivity index (χ4v) is 1.31. The van der Waals surface area contributed by atoms with Crippen molar-refractivity contribution in [3.8, 4) is 0 Å². The van der Waals surface area contributed by atoms with Crippen molar-refractivity contribution >= 4 is 22.6 Å². The minimum atomic E-state index is 0.255. The summed E-state index contributed by atoms with van der Waals surface area (Å²) in [6.07, 6.45) is 1.69. The highest BCUT2D eigenvalue weighted by Crippen LogP contribution is 2.14. The Morgan fingerprint density at radius 2 is 2.00 bits per heavy atom. The summed E-state index contributed by atoms with van der Waals surface area (Å²) in [6, 6.07) is 0. The maximum Gasteiger partial charge on any atom is 0.224 e. The average molecular weight is 213 g/mol. The van der Waals surface area contributed by atoms with Gasteiger partial charge in [-0.25, -0.2) is 4.98 Å². The number of aryl methyl sites for hydroxylation is 2. The molecule has 0 aliphatic rings. The smallest absolute Gasteiger partial charge is 0.224 e. The molecule has 14 heavy (non-hydrogen) atoms. The highest BCUT2D eigenvalue weighted by atomic mass is 35.5. The summed E-state index contributed by atoms with van der Waals surface area (Å²) in [5.74, 6) is 0. The molecule has 0 fully saturated rings. The van der Waals surface area contributed by atoms with Crippen LogP contribution in [0.2, 0.25) is 5.28 Å². The van der Waals surface area contributed by atoms with E-state index in [0.29, 0.717) is 0 Å². The van der Waals surface area contributed by atoms with Crippen molar-refractivity contribution in [3.63, 3.8) is 0 Å². The van der Waals surface area contributed by atoms with Crippen LogP contribution in [0.4, 0.5) is 0 Å². The molecule has 2 heterocycles. The van der Waals surface area contributed by atoms with E-state index in [2.05, 4.69) is 15.1 Å². The van der Waals surface area contributed by atoms with Gasteiger partial charge in [-0.2, -0.15) is 10.1 Å². The Balaban J connectivity index is 0.000000461. The molecule has 5 heteroatoms. The van der Waals surface area contributed by atoms with Crippen molar-refractivity contribution in [1.29, 1.82) is 0 Å². The molecule has 4 nitrogen and oxygen atoms in total. The number of hydrogen-bond donors (Lipinski definition) is 0. The highest BCUT2D eigenvalue weighted by molar-refractivity contribution is 6.28. The largest absolute Gasteiger partial charge is 0.250 e. The van der Waals surface area contributed by atoms with Crippen LogP contribution < -0.4 is 0 Å². The fraction of sp³-hybridized carbons (Fsp3) is 0.444. The minimum absolute atomic E-state index is 0.255. The van der Waals surface area contributed by atoms with Crippen LogP contribution in [-0.2, 0) is 7.05 Å². The van der Waals surface area contributed by atoms with E-state index >= 15 is 0 Å². The normalized spacial score (nSPS) is 9.79. The Kier molecular flexibility index (Phi) is 3.41. The number of nitrogens with zero attached hydrogens (tertiary/aromatic N) is 4. The third-order valence-electron chi connectivity index (χ3n) is 1.74. The molecule has 0 N–H and O–H groups in total. The molecule has 2 aromatic rings. The van der Waals surface area contributed by atoms with Crippen LogP contribution in [-0.4, -0.2) is 19.7 Å². The minimum Gasteiger partial charge on any atom is -0.250 e. The SMILES string of the molecule is CC.Cc1nn(C)c2nc(Cl)ncc12. The Labute approximate surface area is 87.9 Å². The molecule has 0 spiro atoms. The first kappa shape index (κ1) is 10.9. The van der Waals surface area contributed by atoms with Gasteiger partial charge in [-0.1, -0.05) is 13.8 Å². The molecule has 2 rings (SSSR count). The van der Waals surface area contributed by atoms with Gasteiger partial charge >= 0.3 is 0 Å². The number of rotatable bonds is 0. The van der Waals surface area contributed by atoms with Gasteiger partial charge in [-0.05, 0) is 18.5 Å². The molecular weight excluding hydrogens is 200 g/mol. The molecule has 0 saturated carbocycles. The van der Waals surface area contributed by atoms with Crippen LogP contribution in [0, 0.1) is 6.92 Å². The van der Waals surface area contributed by atoms with Crippen molar-refractivity contribution in [3.05, 3.63) is 17.2 Å². The first-order valence-corrected chi connectivity index (χ1v) is 4.88. The van der Waals surface area contributed by atoms with Crippen LogP contribution in [0.5, 0.6) is 0 Å². The van der Waals surface area contributed by atoms with Gasteiger partial charge in [0.1, 0.15) is 0 Å². The Morgan fingerprint density at radius 1 is 1.36 bits per heavy atom. The lowest BCUT2D eigenvalue weighted by molar-refractivity contribution is 0.773. The molecule has 0 aliphatic heterocycles. The van der Waals surface area contributed by atoms with Crippen molar-refractivity contribution in [2.45, 2.75) is 20.8 Å². The van der Waals surface area contributed by atoms with Gasteiger partial charge in [0.2, 0.25) is 5.28 Å². The van der Waals surface area contributed by atoms with E-state index in [1.165, 1.54) is 0 Å². The summed E-state index contributed by atoms with van der Waals surface area (Å²) in [4.78, 5) is 7.93. The second kappa shape index (κ2) is 4.37. The zero-order chi connectivity index (χ0) is 10.7. The maximum atomic E-state index is 5.64. The van der Waals surface area contributed by atoms with E-state index in [-0.39, 0.29) is 5.28 Å². The first-order chi connectivity index (χ1) is 6.68. The van der Waals surface area contributed by atoms with Gasteiger partial charge in [0.25, 0.3) is 0 Å². The lowest BCUT2D eigenvalue weighted by atomic mass is 10.3. The van der Waals surface area contributed by atoms with Crippen molar-refractivity contribution < 1.29 is 0 Å². The van der Waals surface area contributed by atoms with Gasteiger partial charge in [0, 0.05) is 13.2 Å². The summed E-state index contributed by atoms with van der Waals surface area (Å²) >= 11 is 5.64. The van der Waals surface area contributed by atoms with Crippen molar-refractivity contribution in [2.75, 3.05) is 0 Å². The third kappa shape index (κ3) is 1.85. The van der Waals surface area contributed by atoms with Crippen LogP contribution in [0.15, 0.2) is 6.20 Å². The molecule has 76 valence electrons. The number of hydrogen-bond acceptors (Lipinski definition) is 3. The van der Waals surface area contributed by atoms with E-state index in [1.807, 2.05) is 27.8 Å². The maximum absolute atomic E-state index is 5.64. The standard InChI is InChI=1S/C7H7ClN4.C2H6/c1-4-5-3-9-7(8)10-6(5)12(2)11-4;1-2/h3H,1-2H3;1-2H3. The summed E-state index contributed by atoms with van der Waals surface area (Å²) < 4.78 is 1.69. The molecule has 0 unspecified atom stereocenters. The fourth-order valence-electron chi connectivity index (χ4n) is 1.18. The zero-order valence-corrected chi connectivity index (χ0v) is 9.50. The average Bonchev–Trinajstić information content (AvgIpc) is 2.46. The van der Waals surface area contributed by atoms with E-state index in [0.717, 1.165) is 16.7 Å². The topological polar surface area (TPSA) is 43.6 Å². The van der Waals surface area contributed by atoms with Crippen LogP contribution >= 0.6 is 11.6 Å². The van der Waals surface area contributed by atoms with Crippen LogP contribution in [0.1, 0.15) is 19.5 Å². The van der Waals surface area contributed by atoms with Crippen molar-refractivity contribution in [2.24, 2.45) is 7.05 Å². The predicted molar refractivity (Wildman–Crippen MR) is 57.4 cm³/mol. The second-order valence-electron chi connectivity index (χ2n) is 2.59. The molecule has 2 aromatic heterocycles. The van der Waals surface area contributed by atoms with Gasteiger partial charge in [0.05, 0.1) is 11.1 Å². The van der Waals surface area contributed by atoms with E-state index in [1.54, 1.807) is 10.9 Å². The lowest BCUT2D eigenvalue weighted by Crippen LogP contribution is -1.92.